The molecule has 0 spiro atoms. The van der Waals surface area contributed by atoms with Gasteiger partial charge in [-0.2, -0.15) is 0 Å². The second-order valence-corrected chi connectivity index (χ2v) is 3.92. The molecule has 0 aliphatic carbocycles. The van der Waals surface area contributed by atoms with Gasteiger partial charge in [0.1, 0.15) is 23.5 Å². The zero-order valence-electron chi connectivity index (χ0n) is 8.02. The van der Waals surface area contributed by atoms with E-state index < -0.39 is 0 Å². The third-order valence-corrected chi connectivity index (χ3v) is 1.93. The Bertz CT molecular complexity index is 471. The van der Waals surface area contributed by atoms with E-state index in [9.17, 15) is 4.39 Å². The molecule has 0 aliphatic rings. The number of hydrogen-bond donors (Lipinski definition) is 0. The predicted molar refractivity (Wildman–Crippen MR) is 54.2 cm³/mol. The minimum absolute atomic E-state index is 0.141. The van der Waals surface area contributed by atoms with Crippen LogP contribution in [0.25, 0.3) is 11.0 Å². The van der Waals surface area contributed by atoms with Crippen molar-refractivity contribution in [3.8, 4) is 0 Å². The Balaban J connectivity index is 2.31. The molecule has 6 heteroatoms. The average molecular weight is 230 g/mol. The first-order chi connectivity index (χ1) is 7.16. The van der Waals surface area contributed by atoms with Crippen LogP contribution in [0.2, 0.25) is 0 Å². The van der Waals surface area contributed by atoms with Crippen molar-refractivity contribution in [2.45, 2.75) is 12.3 Å². The third kappa shape index (κ3) is 2.18. The van der Waals surface area contributed by atoms with E-state index in [2.05, 4.69) is 10.3 Å². The minimum atomic E-state index is -0.353. The van der Waals surface area contributed by atoms with Crippen LogP contribution in [0, 0.1) is 5.82 Å². The molecule has 15 heavy (non-hydrogen) atoms. The molecule has 2 rings (SSSR count). The highest BCUT2D eigenvalue weighted by Gasteiger charge is 2.07. The van der Waals surface area contributed by atoms with Crippen molar-refractivity contribution in [1.29, 1.82) is 0 Å². The van der Waals surface area contributed by atoms with Crippen molar-refractivity contribution < 1.29 is 9.23 Å². The standard InChI is InChI=1S/C9H9ClFN3O/c1-6(10)5-15-14-9-4-7(11)2-3-8(9)12-13-14/h2-4,6H,5H2,1H3. The molecule has 80 valence electrons. The van der Waals surface area contributed by atoms with Gasteiger partial charge in [0.15, 0.2) is 0 Å². The lowest BCUT2D eigenvalue weighted by molar-refractivity contribution is 0.0894. The number of nitrogens with zero attached hydrogens (tertiary/aromatic N) is 3. The molecule has 1 aromatic carbocycles. The summed E-state index contributed by atoms with van der Waals surface area (Å²) in [4.78, 5) is 6.40. The Labute approximate surface area is 90.5 Å². The first kappa shape index (κ1) is 10.2. The highest BCUT2D eigenvalue weighted by molar-refractivity contribution is 6.20. The molecule has 1 aromatic heterocycles. The molecule has 1 atom stereocenters. The van der Waals surface area contributed by atoms with Crippen molar-refractivity contribution in [2.24, 2.45) is 0 Å². The van der Waals surface area contributed by atoms with E-state index in [4.69, 9.17) is 16.4 Å². The van der Waals surface area contributed by atoms with Gasteiger partial charge >= 0.3 is 0 Å². The van der Waals surface area contributed by atoms with Crippen LogP contribution >= 0.6 is 11.6 Å². The van der Waals surface area contributed by atoms with Gasteiger partial charge in [0.05, 0.1) is 5.38 Å². The average Bonchev–Trinajstić information content (AvgIpc) is 2.57. The molecule has 2 aromatic rings. The van der Waals surface area contributed by atoms with Crippen LogP contribution in [0.3, 0.4) is 0 Å². The maximum absolute atomic E-state index is 12.9. The molecule has 0 saturated carbocycles. The predicted octanol–water partition coefficient (Wildman–Crippen LogP) is 1.63. The van der Waals surface area contributed by atoms with Crippen LogP contribution in [0.15, 0.2) is 18.2 Å². The maximum Gasteiger partial charge on any atom is 0.133 e. The SMILES string of the molecule is CC(Cl)COn1nnc2ccc(F)cc21. The van der Waals surface area contributed by atoms with Gasteiger partial charge in [0.2, 0.25) is 0 Å². The fourth-order valence-corrected chi connectivity index (χ4v) is 1.20. The van der Waals surface area contributed by atoms with E-state index in [0.717, 1.165) is 0 Å². The zero-order chi connectivity index (χ0) is 10.8. The number of rotatable bonds is 3. The summed E-state index contributed by atoms with van der Waals surface area (Å²) in [5.41, 5.74) is 1.07. The molecule has 0 saturated heterocycles. The topological polar surface area (TPSA) is 39.9 Å². The van der Waals surface area contributed by atoms with Crippen molar-refractivity contribution in [1.82, 2.24) is 15.2 Å². The Kier molecular flexibility index (Phi) is 2.73. The summed E-state index contributed by atoms with van der Waals surface area (Å²) >= 11 is 5.72. The molecular weight excluding hydrogens is 221 g/mol. The number of alkyl halides is 1. The molecule has 1 unspecified atom stereocenters. The van der Waals surface area contributed by atoms with Gasteiger partial charge in [-0.25, -0.2) is 4.39 Å². The Morgan fingerprint density at radius 3 is 3.13 bits per heavy atom. The Morgan fingerprint density at radius 1 is 1.60 bits per heavy atom. The monoisotopic (exact) mass is 229 g/mol. The molecule has 0 fully saturated rings. The van der Waals surface area contributed by atoms with Gasteiger partial charge in [-0.1, -0.05) is 4.85 Å². The number of benzene rings is 1. The van der Waals surface area contributed by atoms with Crippen molar-refractivity contribution in [3.05, 3.63) is 24.0 Å². The molecule has 0 radical (unpaired) electrons. The van der Waals surface area contributed by atoms with E-state index in [1.807, 2.05) is 0 Å². The summed E-state index contributed by atoms with van der Waals surface area (Å²) in [5, 5.41) is 7.40. The number of hydrogen-bond acceptors (Lipinski definition) is 3. The molecule has 0 amide bonds. The van der Waals surface area contributed by atoms with E-state index >= 15 is 0 Å². The quantitative estimate of drug-likeness (QED) is 0.751. The lowest BCUT2D eigenvalue weighted by Crippen LogP contribution is -2.19. The van der Waals surface area contributed by atoms with Crippen LogP contribution in [0.1, 0.15) is 6.92 Å². The molecule has 0 bridgehead atoms. The lowest BCUT2D eigenvalue weighted by atomic mass is 10.3. The molecule has 1 heterocycles. The summed E-state index contributed by atoms with van der Waals surface area (Å²) in [6.07, 6.45) is 0. The summed E-state index contributed by atoms with van der Waals surface area (Å²) < 4.78 is 12.9. The highest BCUT2D eigenvalue weighted by Crippen LogP contribution is 2.11. The van der Waals surface area contributed by atoms with E-state index in [1.54, 1.807) is 13.0 Å². The smallest absolute Gasteiger partial charge is 0.133 e. The number of halogens is 2. The molecule has 0 N–H and O–H groups in total. The minimum Gasteiger partial charge on any atom is -0.393 e. The van der Waals surface area contributed by atoms with Gasteiger partial charge in [-0.15, -0.1) is 16.7 Å². The summed E-state index contributed by atoms with van der Waals surface area (Å²) in [7, 11) is 0. The van der Waals surface area contributed by atoms with Gasteiger partial charge < -0.3 is 4.84 Å². The number of aromatic nitrogens is 3. The summed E-state index contributed by atoms with van der Waals surface area (Å²) in [5.74, 6) is -0.353. The van der Waals surface area contributed by atoms with E-state index in [-0.39, 0.29) is 17.8 Å². The largest absolute Gasteiger partial charge is 0.393 e. The Hall–Kier alpha value is -1.36. The van der Waals surface area contributed by atoms with E-state index in [1.165, 1.54) is 17.0 Å². The number of fused-ring (bicyclic) bond motifs is 1. The second-order valence-electron chi connectivity index (χ2n) is 3.17. The van der Waals surface area contributed by atoms with Crippen molar-refractivity contribution >= 4 is 22.6 Å². The second kappa shape index (κ2) is 4.02. The summed E-state index contributed by atoms with van der Waals surface area (Å²) in [6, 6.07) is 4.18. The normalized spacial score (nSPS) is 13.0. The van der Waals surface area contributed by atoms with Gasteiger partial charge in [-0.3, -0.25) is 0 Å². The maximum atomic E-state index is 12.9. The highest BCUT2D eigenvalue weighted by atomic mass is 35.5. The van der Waals surface area contributed by atoms with Gasteiger partial charge in [0.25, 0.3) is 0 Å². The third-order valence-electron chi connectivity index (χ3n) is 1.80. The van der Waals surface area contributed by atoms with Crippen LogP contribution in [-0.2, 0) is 0 Å². The molecule has 0 aliphatic heterocycles. The van der Waals surface area contributed by atoms with Gasteiger partial charge in [0, 0.05) is 6.07 Å². The van der Waals surface area contributed by atoms with Crippen LogP contribution < -0.4 is 4.84 Å². The van der Waals surface area contributed by atoms with E-state index in [0.29, 0.717) is 11.0 Å². The first-order valence-corrected chi connectivity index (χ1v) is 4.89. The molecule has 4 nitrogen and oxygen atoms in total. The Morgan fingerprint density at radius 2 is 2.40 bits per heavy atom. The fraction of sp³-hybridized carbons (Fsp3) is 0.333. The van der Waals surface area contributed by atoms with Crippen LogP contribution in [-0.4, -0.2) is 27.1 Å². The summed E-state index contributed by atoms with van der Waals surface area (Å²) in [6.45, 7) is 2.08. The van der Waals surface area contributed by atoms with Crippen molar-refractivity contribution in [2.75, 3.05) is 6.61 Å². The zero-order valence-corrected chi connectivity index (χ0v) is 8.78. The first-order valence-electron chi connectivity index (χ1n) is 4.45. The fourth-order valence-electron chi connectivity index (χ4n) is 1.14. The lowest BCUT2D eigenvalue weighted by Gasteiger charge is -2.05. The van der Waals surface area contributed by atoms with Gasteiger partial charge in [-0.05, 0) is 24.3 Å². The van der Waals surface area contributed by atoms with Crippen LogP contribution in [0.4, 0.5) is 4.39 Å². The van der Waals surface area contributed by atoms with Crippen molar-refractivity contribution in [3.63, 3.8) is 0 Å². The molecular formula is C9H9ClFN3O. The van der Waals surface area contributed by atoms with Crippen LogP contribution in [0.5, 0.6) is 0 Å².